The van der Waals surface area contributed by atoms with Gasteiger partial charge in [-0.25, -0.2) is 4.98 Å². The number of aliphatic hydroxyl groups is 1. The van der Waals surface area contributed by atoms with E-state index < -0.39 is 5.60 Å². The molecule has 0 aliphatic carbocycles. The van der Waals surface area contributed by atoms with Gasteiger partial charge >= 0.3 is 0 Å². The first-order valence-corrected chi connectivity index (χ1v) is 11.3. The highest BCUT2D eigenvalue weighted by Gasteiger charge is 2.33. The molecule has 5 rings (SSSR count). The van der Waals surface area contributed by atoms with Crippen LogP contribution in [-0.4, -0.2) is 57.8 Å². The number of morpholine rings is 1. The third-order valence-corrected chi connectivity index (χ3v) is 6.50. The minimum Gasteiger partial charge on any atom is -0.381 e. The number of ether oxygens (including phenoxy) is 1. The molecule has 0 unspecified atom stereocenters. The average Bonchev–Trinajstić information content (AvgIpc) is 3.25. The Hall–Kier alpha value is -3.18. The van der Waals surface area contributed by atoms with E-state index in [1.54, 1.807) is 24.9 Å². The van der Waals surface area contributed by atoms with Gasteiger partial charge in [-0.05, 0) is 54.7 Å². The largest absolute Gasteiger partial charge is 0.381 e. The van der Waals surface area contributed by atoms with Crippen LogP contribution in [0.4, 0.5) is 0 Å². The first-order chi connectivity index (χ1) is 15.8. The summed E-state index contributed by atoms with van der Waals surface area (Å²) >= 11 is 0. The van der Waals surface area contributed by atoms with Crippen LogP contribution in [0.3, 0.4) is 0 Å². The molecule has 170 valence electrons. The van der Waals surface area contributed by atoms with E-state index in [1.807, 2.05) is 6.20 Å². The zero-order chi connectivity index (χ0) is 23.2. The molecule has 2 aromatic heterocycles. The van der Waals surface area contributed by atoms with Gasteiger partial charge in [0.05, 0.1) is 24.8 Å². The molecule has 1 amide bonds. The number of nitrogens with one attached hydrogen (secondary N) is 2. The lowest BCUT2D eigenvalue weighted by molar-refractivity contribution is -0.148. The fourth-order valence-corrected chi connectivity index (χ4v) is 4.78. The Balaban J connectivity index is 1.59. The van der Waals surface area contributed by atoms with Crippen molar-refractivity contribution in [2.75, 3.05) is 26.3 Å². The Labute approximate surface area is 193 Å². The van der Waals surface area contributed by atoms with Crippen LogP contribution in [-0.2, 0) is 22.5 Å². The number of aromatic amines is 1. The summed E-state index contributed by atoms with van der Waals surface area (Å²) < 4.78 is 5.76. The molecule has 1 atom stereocenters. The second kappa shape index (κ2) is 8.31. The van der Waals surface area contributed by atoms with Crippen LogP contribution in [0, 0.1) is 12.3 Å². The van der Waals surface area contributed by atoms with Crippen molar-refractivity contribution in [2.24, 2.45) is 0 Å². The van der Waals surface area contributed by atoms with E-state index >= 15 is 0 Å². The van der Waals surface area contributed by atoms with Crippen LogP contribution in [0.2, 0.25) is 0 Å². The van der Waals surface area contributed by atoms with E-state index in [4.69, 9.17) is 11.2 Å². The molecule has 1 saturated heterocycles. The summed E-state index contributed by atoms with van der Waals surface area (Å²) in [7, 11) is 0. The van der Waals surface area contributed by atoms with Crippen molar-refractivity contribution in [3.05, 3.63) is 52.8 Å². The monoisotopic (exact) mass is 444 g/mol. The molecule has 4 heterocycles. The third-order valence-electron chi connectivity index (χ3n) is 6.50. The van der Waals surface area contributed by atoms with Gasteiger partial charge in [-0.3, -0.25) is 4.79 Å². The molecule has 7 nitrogen and oxygen atoms in total. The number of hydrogen-bond donors (Lipinski definition) is 3. The van der Waals surface area contributed by atoms with Crippen molar-refractivity contribution in [1.29, 1.82) is 0 Å². The number of terminal acetylenes is 1. The predicted octanol–water partition coefficient (Wildman–Crippen LogP) is 2.53. The Morgan fingerprint density at radius 1 is 1.33 bits per heavy atom. The standard InChI is InChI=1S/C26H28N4O3/c1-4-16-12-28-24-20(16)11-19(13-29-24)18-9-17-5-7-30(25(31)26(2,3)32)14-22(17)21(10-18)23-15-33-8-6-27-23/h1,9-13,23,27,32H,5-8,14-15H2,2-3H3,(H,28,29)/t23-/m0/s1. The Bertz CT molecular complexity index is 1260. The molecule has 1 fully saturated rings. The van der Waals surface area contributed by atoms with Crippen LogP contribution in [0.25, 0.3) is 22.2 Å². The lowest BCUT2D eigenvalue weighted by Crippen LogP contribution is -2.47. The minimum atomic E-state index is -1.39. The van der Waals surface area contributed by atoms with Gasteiger partial charge in [0.2, 0.25) is 0 Å². The summed E-state index contributed by atoms with van der Waals surface area (Å²) in [6.07, 6.45) is 10.0. The van der Waals surface area contributed by atoms with E-state index in [-0.39, 0.29) is 11.9 Å². The second-order valence-corrected chi connectivity index (χ2v) is 9.29. The lowest BCUT2D eigenvalue weighted by Gasteiger charge is -2.36. The molecule has 33 heavy (non-hydrogen) atoms. The molecule has 2 aliphatic rings. The Kier molecular flexibility index (Phi) is 5.45. The smallest absolute Gasteiger partial charge is 0.254 e. The van der Waals surface area contributed by atoms with Crippen LogP contribution in [0.5, 0.6) is 0 Å². The Morgan fingerprint density at radius 3 is 2.91 bits per heavy atom. The molecular formula is C26H28N4O3. The number of carbonyl (C=O) groups is 1. The van der Waals surface area contributed by atoms with Gasteiger partial charge in [0.15, 0.2) is 0 Å². The number of benzene rings is 1. The quantitative estimate of drug-likeness (QED) is 0.540. The SMILES string of the molecule is C#Cc1c[nH]c2ncc(-c3cc4c(c([C@@H]5COCCN5)c3)CN(C(=O)C(C)(C)O)CC4)cc12. The number of hydrogen-bond acceptors (Lipinski definition) is 5. The van der Waals surface area contributed by atoms with E-state index in [0.717, 1.165) is 51.8 Å². The summed E-state index contributed by atoms with van der Waals surface area (Å²) in [6, 6.07) is 6.49. The van der Waals surface area contributed by atoms with Gasteiger partial charge < -0.3 is 25.0 Å². The molecule has 0 saturated carbocycles. The van der Waals surface area contributed by atoms with E-state index in [2.05, 4.69) is 39.4 Å². The zero-order valence-electron chi connectivity index (χ0n) is 18.9. The molecule has 3 N–H and O–H groups in total. The van der Waals surface area contributed by atoms with Gasteiger partial charge in [-0.2, -0.15) is 0 Å². The average molecular weight is 445 g/mol. The maximum Gasteiger partial charge on any atom is 0.254 e. The zero-order valence-corrected chi connectivity index (χ0v) is 18.9. The van der Waals surface area contributed by atoms with Gasteiger partial charge in [0.1, 0.15) is 11.2 Å². The summed E-state index contributed by atoms with van der Waals surface area (Å²) in [6.45, 7) is 6.17. The normalized spacial score (nSPS) is 18.7. The minimum absolute atomic E-state index is 0.0369. The summed E-state index contributed by atoms with van der Waals surface area (Å²) in [5.74, 6) is 2.46. The van der Waals surface area contributed by atoms with Crippen molar-refractivity contribution in [1.82, 2.24) is 20.2 Å². The molecule has 3 aromatic rings. The number of H-pyrrole nitrogens is 1. The van der Waals surface area contributed by atoms with E-state index in [1.165, 1.54) is 5.56 Å². The molecule has 0 radical (unpaired) electrons. The van der Waals surface area contributed by atoms with Crippen LogP contribution in [0.15, 0.2) is 30.6 Å². The van der Waals surface area contributed by atoms with Crippen LogP contribution < -0.4 is 5.32 Å². The summed E-state index contributed by atoms with van der Waals surface area (Å²) in [4.78, 5) is 22.2. The van der Waals surface area contributed by atoms with Crippen molar-refractivity contribution < 1.29 is 14.6 Å². The van der Waals surface area contributed by atoms with E-state index in [9.17, 15) is 9.90 Å². The molecular weight excluding hydrogens is 416 g/mol. The van der Waals surface area contributed by atoms with Gasteiger partial charge in [-0.15, -0.1) is 6.42 Å². The topological polar surface area (TPSA) is 90.5 Å². The Morgan fingerprint density at radius 2 is 2.18 bits per heavy atom. The first kappa shape index (κ1) is 21.7. The van der Waals surface area contributed by atoms with Crippen molar-refractivity contribution in [3.63, 3.8) is 0 Å². The number of aromatic nitrogens is 2. The third kappa shape index (κ3) is 4.02. The molecule has 0 bridgehead atoms. The first-order valence-electron chi connectivity index (χ1n) is 11.3. The highest BCUT2D eigenvalue weighted by atomic mass is 16.5. The van der Waals surface area contributed by atoms with Gasteiger partial charge in [-0.1, -0.05) is 12.0 Å². The maximum absolute atomic E-state index is 12.8. The van der Waals surface area contributed by atoms with Crippen LogP contribution >= 0.6 is 0 Å². The maximum atomic E-state index is 12.8. The molecule has 7 heteroatoms. The molecule has 0 spiro atoms. The lowest BCUT2D eigenvalue weighted by atomic mass is 9.87. The fourth-order valence-electron chi connectivity index (χ4n) is 4.78. The molecule has 2 aliphatic heterocycles. The number of pyridine rings is 1. The number of carbonyl (C=O) groups excluding carboxylic acids is 1. The van der Waals surface area contributed by atoms with Crippen LogP contribution in [0.1, 0.15) is 42.1 Å². The fraction of sp³-hybridized carbons (Fsp3) is 0.385. The van der Waals surface area contributed by atoms with Crippen molar-refractivity contribution in [2.45, 2.75) is 38.5 Å². The number of rotatable bonds is 3. The number of amides is 1. The molecule has 1 aromatic carbocycles. The summed E-state index contributed by atoms with van der Waals surface area (Å²) in [5, 5.41) is 14.7. The predicted molar refractivity (Wildman–Crippen MR) is 126 cm³/mol. The second-order valence-electron chi connectivity index (χ2n) is 9.29. The van der Waals surface area contributed by atoms with Crippen molar-refractivity contribution >= 4 is 16.9 Å². The highest BCUT2D eigenvalue weighted by molar-refractivity contribution is 5.87. The highest BCUT2D eigenvalue weighted by Crippen LogP contribution is 2.35. The van der Waals surface area contributed by atoms with Gasteiger partial charge in [0.25, 0.3) is 5.91 Å². The van der Waals surface area contributed by atoms with E-state index in [0.29, 0.717) is 26.3 Å². The summed E-state index contributed by atoms with van der Waals surface area (Å²) in [5.41, 5.74) is 5.70. The van der Waals surface area contributed by atoms with Gasteiger partial charge in [0, 0.05) is 43.0 Å². The number of nitrogens with zero attached hydrogens (tertiary/aromatic N) is 2. The number of fused-ring (bicyclic) bond motifs is 2. The van der Waals surface area contributed by atoms with Crippen molar-refractivity contribution in [3.8, 4) is 23.5 Å².